The quantitative estimate of drug-likeness (QED) is 0.142. The maximum atomic E-state index is 13.1. The van der Waals surface area contributed by atoms with Gasteiger partial charge in [0.2, 0.25) is 23.6 Å². The van der Waals surface area contributed by atoms with Gasteiger partial charge >= 0.3 is 11.9 Å². The Bertz CT molecular complexity index is 1180. The maximum absolute atomic E-state index is 13.1. The number of carboxylic acids is 2. The van der Waals surface area contributed by atoms with Crippen molar-refractivity contribution >= 4 is 46.5 Å². The predicted octanol–water partition coefficient (Wildman–Crippen LogP) is -1.66. The molecule has 0 spiro atoms. The molecule has 4 unspecified atom stereocenters. The summed E-state index contributed by atoms with van der Waals surface area (Å²) in [5.41, 5.74) is 12.0. The second-order valence-electron chi connectivity index (χ2n) is 8.46. The Morgan fingerprint density at radius 1 is 0.946 bits per heavy atom. The summed E-state index contributed by atoms with van der Waals surface area (Å²) in [6, 6.07) is 1.97. The Kier molecular flexibility index (Phi) is 10.1. The fourth-order valence-corrected chi connectivity index (χ4v) is 3.52. The van der Waals surface area contributed by atoms with E-state index in [9.17, 15) is 33.9 Å². The van der Waals surface area contributed by atoms with Gasteiger partial charge in [0.05, 0.1) is 12.5 Å². The Labute approximate surface area is 211 Å². The summed E-state index contributed by atoms with van der Waals surface area (Å²) in [4.78, 5) is 74.5. The van der Waals surface area contributed by atoms with Crippen molar-refractivity contribution in [3.8, 4) is 0 Å². The van der Waals surface area contributed by atoms with Gasteiger partial charge in [0.1, 0.15) is 18.1 Å². The molecule has 1 heterocycles. The highest BCUT2D eigenvalue weighted by Gasteiger charge is 2.30. The van der Waals surface area contributed by atoms with Crippen LogP contribution in [0, 0.1) is 0 Å². The summed E-state index contributed by atoms with van der Waals surface area (Å²) in [6.07, 6.45) is 0.303. The number of fused-ring (bicyclic) bond motifs is 1. The Morgan fingerprint density at radius 3 is 2.22 bits per heavy atom. The lowest BCUT2D eigenvalue weighted by Crippen LogP contribution is -2.57. The molecule has 14 nitrogen and oxygen atoms in total. The van der Waals surface area contributed by atoms with Gasteiger partial charge < -0.3 is 42.6 Å². The number of nitrogens with two attached hydrogens (primary N) is 2. The third-order valence-corrected chi connectivity index (χ3v) is 5.50. The van der Waals surface area contributed by atoms with Gasteiger partial charge in [-0.1, -0.05) is 18.2 Å². The Hall–Kier alpha value is -4.46. The van der Waals surface area contributed by atoms with Crippen molar-refractivity contribution in [1.29, 1.82) is 0 Å². The van der Waals surface area contributed by atoms with Crippen LogP contribution in [-0.4, -0.2) is 74.9 Å². The summed E-state index contributed by atoms with van der Waals surface area (Å²) in [5, 5.41) is 26.1. The van der Waals surface area contributed by atoms with Crippen molar-refractivity contribution in [1.82, 2.24) is 20.9 Å². The number of carbonyl (C=O) groups excluding carboxylic acids is 4. The van der Waals surface area contributed by atoms with Gasteiger partial charge in [-0.15, -0.1) is 0 Å². The molecular weight excluding hydrogens is 488 g/mol. The minimum Gasteiger partial charge on any atom is -0.481 e. The highest BCUT2D eigenvalue weighted by molar-refractivity contribution is 5.95. The zero-order valence-corrected chi connectivity index (χ0v) is 20.0. The summed E-state index contributed by atoms with van der Waals surface area (Å²) in [5.74, 6) is -5.92. The number of primary amides is 1. The highest BCUT2D eigenvalue weighted by atomic mass is 16.4. The number of carbonyl (C=O) groups is 6. The Morgan fingerprint density at radius 2 is 1.59 bits per heavy atom. The van der Waals surface area contributed by atoms with Gasteiger partial charge in [0.15, 0.2) is 0 Å². The van der Waals surface area contributed by atoms with Crippen LogP contribution in [0.15, 0.2) is 30.5 Å². The van der Waals surface area contributed by atoms with E-state index in [4.69, 9.17) is 16.6 Å². The number of benzene rings is 1. The molecule has 4 amide bonds. The fourth-order valence-electron chi connectivity index (χ4n) is 3.52. The average Bonchev–Trinajstić information content (AvgIpc) is 3.23. The van der Waals surface area contributed by atoms with Crippen LogP contribution in [0.25, 0.3) is 10.9 Å². The largest absolute Gasteiger partial charge is 0.481 e. The van der Waals surface area contributed by atoms with Crippen molar-refractivity contribution in [2.75, 3.05) is 0 Å². The number of amides is 4. The minimum absolute atomic E-state index is 0.0469. The number of nitrogens with one attached hydrogen (secondary N) is 4. The van der Waals surface area contributed by atoms with E-state index in [1.165, 1.54) is 6.92 Å². The zero-order valence-electron chi connectivity index (χ0n) is 20.0. The lowest BCUT2D eigenvalue weighted by Gasteiger charge is -2.23. The van der Waals surface area contributed by atoms with E-state index in [2.05, 4.69) is 20.9 Å². The molecule has 1 aromatic carbocycles. The lowest BCUT2D eigenvalue weighted by molar-refractivity contribution is -0.143. The highest BCUT2D eigenvalue weighted by Crippen LogP contribution is 2.19. The van der Waals surface area contributed by atoms with E-state index in [-0.39, 0.29) is 12.8 Å². The summed E-state index contributed by atoms with van der Waals surface area (Å²) < 4.78 is 0. The van der Waals surface area contributed by atoms with Crippen molar-refractivity contribution < 1.29 is 39.0 Å². The number of hydrogen-bond acceptors (Lipinski definition) is 7. The summed E-state index contributed by atoms with van der Waals surface area (Å²) in [7, 11) is 0. The number of aliphatic carboxylic acids is 2. The molecule has 2 rings (SSSR count). The molecule has 0 fully saturated rings. The number of hydrogen-bond donors (Lipinski definition) is 8. The van der Waals surface area contributed by atoms with Crippen molar-refractivity contribution in [2.45, 2.75) is 56.8 Å². The monoisotopic (exact) mass is 518 g/mol. The van der Waals surface area contributed by atoms with Crippen LogP contribution in [-0.2, 0) is 35.2 Å². The molecule has 0 saturated heterocycles. The molecule has 200 valence electrons. The third kappa shape index (κ3) is 8.61. The lowest BCUT2D eigenvalue weighted by atomic mass is 10.0. The van der Waals surface area contributed by atoms with E-state index < -0.39 is 72.6 Å². The van der Waals surface area contributed by atoms with Gasteiger partial charge in [0, 0.05) is 29.9 Å². The molecule has 0 aliphatic heterocycles. The number of para-hydroxylation sites is 1. The van der Waals surface area contributed by atoms with E-state index in [0.717, 1.165) is 10.9 Å². The summed E-state index contributed by atoms with van der Waals surface area (Å²) >= 11 is 0. The topological polar surface area (TPSA) is 247 Å². The molecule has 1 aromatic heterocycles. The molecule has 2 aromatic rings. The van der Waals surface area contributed by atoms with Gasteiger partial charge in [-0.25, -0.2) is 4.79 Å². The number of rotatable bonds is 14. The second kappa shape index (κ2) is 13.0. The molecule has 0 radical (unpaired) electrons. The minimum atomic E-state index is -1.50. The van der Waals surface area contributed by atoms with Crippen LogP contribution in [0.2, 0.25) is 0 Å². The number of carboxylic acid groups (broad SMARTS) is 2. The van der Waals surface area contributed by atoms with Gasteiger partial charge in [-0.05, 0) is 25.0 Å². The van der Waals surface area contributed by atoms with Gasteiger partial charge in [-0.3, -0.25) is 24.0 Å². The molecule has 0 aliphatic carbocycles. The molecule has 10 N–H and O–H groups in total. The SMILES string of the molecule is CC(NC(=O)C(N)CC(N)=O)C(=O)NC(Cc1c[nH]c2ccccc12)C(=O)NC(CCC(=O)O)C(=O)O. The number of H-pyrrole nitrogens is 1. The fraction of sp³-hybridized carbons (Fsp3) is 0.391. The van der Waals surface area contributed by atoms with Gasteiger partial charge in [0.25, 0.3) is 0 Å². The van der Waals surface area contributed by atoms with E-state index >= 15 is 0 Å². The second-order valence-corrected chi connectivity index (χ2v) is 8.46. The van der Waals surface area contributed by atoms with Crippen LogP contribution in [0.4, 0.5) is 0 Å². The van der Waals surface area contributed by atoms with Crippen LogP contribution in [0.1, 0.15) is 31.7 Å². The molecule has 0 bridgehead atoms. The smallest absolute Gasteiger partial charge is 0.326 e. The van der Waals surface area contributed by atoms with E-state index in [1.54, 1.807) is 18.3 Å². The molecule has 37 heavy (non-hydrogen) atoms. The third-order valence-electron chi connectivity index (χ3n) is 5.50. The van der Waals surface area contributed by atoms with Crippen LogP contribution < -0.4 is 27.4 Å². The maximum Gasteiger partial charge on any atom is 0.326 e. The molecule has 4 atom stereocenters. The first-order chi connectivity index (χ1) is 17.4. The first-order valence-electron chi connectivity index (χ1n) is 11.3. The predicted molar refractivity (Wildman–Crippen MR) is 130 cm³/mol. The molecule has 0 aliphatic rings. The number of aromatic amines is 1. The number of aromatic nitrogens is 1. The zero-order chi connectivity index (χ0) is 27.7. The molecular formula is C23H30N6O8. The van der Waals surface area contributed by atoms with Crippen molar-refractivity contribution in [3.05, 3.63) is 36.0 Å². The van der Waals surface area contributed by atoms with Crippen LogP contribution in [0.3, 0.4) is 0 Å². The summed E-state index contributed by atoms with van der Waals surface area (Å²) in [6.45, 7) is 1.33. The van der Waals surface area contributed by atoms with Crippen molar-refractivity contribution in [3.63, 3.8) is 0 Å². The first-order valence-corrected chi connectivity index (χ1v) is 11.3. The normalized spacial score (nSPS) is 14.1. The standard InChI is InChI=1S/C23H30N6O8/c1-11(27-21(34)14(24)9-18(25)30)20(33)29-17(8-12-10-26-15-5-3-2-4-13(12)15)22(35)28-16(23(36)37)6-7-19(31)32/h2-5,10-11,14,16-17,26H,6-9,24H2,1H3,(H2,25,30)(H,27,34)(H,28,35)(H,29,33)(H,31,32)(H,36,37). The molecule has 0 saturated carbocycles. The van der Waals surface area contributed by atoms with Gasteiger partial charge in [-0.2, -0.15) is 0 Å². The first kappa shape index (κ1) is 28.8. The molecule has 14 heteroatoms. The Balaban J connectivity index is 2.21. The average molecular weight is 519 g/mol. The van der Waals surface area contributed by atoms with Crippen LogP contribution >= 0.6 is 0 Å². The van der Waals surface area contributed by atoms with Crippen molar-refractivity contribution in [2.24, 2.45) is 11.5 Å². The van der Waals surface area contributed by atoms with Crippen LogP contribution in [0.5, 0.6) is 0 Å². The van der Waals surface area contributed by atoms with E-state index in [0.29, 0.717) is 5.56 Å². The van der Waals surface area contributed by atoms with E-state index in [1.807, 2.05) is 12.1 Å².